The molecule has 5 heteroatoms. The number of nitrogens with one attached hydrogen (secondary N) is 2. The lowest BCUT2D eigenvalue weighted by atomic mass is 10.2. The molecule has 0 aliphatic carbocycles. The van der Waals surface area contributed by atoms with Crippen LogP contribution in [-0.2, 0) is 0 Å². The van der Waals surface area contributed by atoms with E-state index in [1.54, 1.807) is 12.3 Å². The smallest absolute Gasteiger partial charge is 0.159 e. The van der Waals surface area contributed by atoms with Gasteiger partial charge in [0, 0.05) is 19.3 Å². The van der Waals surface area contributed by atoms with Crippen LogP contribution in [0.2, 0.25) is 0 Å². The molecule has 0 radical (unpaired) electrons. The summed E-state index contributed by atoms with van der Waals surface area (Å²) in [6.07, 6.45) is 4.65. The molecule has 0 amide bonds. The summed E-state index contributed by atoms with van der Waals surface area (Å²) in [5, 5.41) is 18.3. The van der Waals surface area contributed by atoms with Gasteiger partial charge in [0.2, 0.25) is 0 Å². The van der Waals surface area contributed by atoms with E-state index in [0.717, 1.165) is 13.1 Å². The molecule has 0 bridgehead atoms. The van der Waals surface area contributed by atoms with Gasteiger partial charge in [0.1, 0.15) is 0 Å². The molecule has 5 nitrogen and oxygen atoms in total. The van der Waals surface area contributed by atoms with Crippen molar-refractivity contribution < 1.29 is 5.11 Å². The van der Waals surface area contributed by atoms with Crippen molar-refractivity contribution >= 4 is 0 Å². The fourth-order valence-corrected chi connectivity index (χ4v) is 1.68. The maximum Gasteiger partial charge on any atom is 0.159 e. The summed E-state index contributed by atoms with van der Waals surface area (Å²) in [6.45, 7) is 2.01. The summed E-state index contributed by atoms with van der Waals surface area (Å²) in [7, 11) is 0. The molecule has 1 aromatic rings. The quantitative estimate of drug-likeness (QED) is 0.612. The molecule has 1 aromatic heterocycles. The van der Waals surface area contributed by atoms with Crippen molar-refractivity contribution in [1.29, 1.82) is 0 Å². The maximum absolute atomic E-state index is 9.74. The third kappa shape index (κ3) is 2.31. The van der Waals surface area contributed by atoms with Crippen LogP contribution in [-0.4, -0.2) is 33.4 Å². The number of aromatic amines is 1. The molecule has 1 unspecified atom stereocenters. The normalized spacial score (nSPS) is 20.9. The van der Waals surface area contributed by atoms with E-state index in [2.05, 4.69) is 20.6 Å². The second-order valence-electron chi connectivity index (χ2n) is 3.59. The zero-order chi connectivity index (χ0) is 9.80. The SMILES string of the molecule is OC(NN1CCCCC1)c1ccn[nH]1. The number of hydrogen-bond acceptors (Lipinski definition) is 4. The van der Waals surface area contributed by atoms with E-state index >= 15 is 0 Å². The summed E-state index contributed by atoms with van der Waals surface area (Å²) in [4.78, 5) is 0. The number of H-pyrrole nitrogens is 1. The lowest BCUT2D eigenvalue weighted by Crippen LogP contribution is -2.43. The fourth-order valence-electron chi connectivity index (χ4n) is 1.68. The van der Waals surface area contributed by atoms with Crippen LogP contribution in [0.1, 0.15) is 31.2 Å². The van der Waals surface area contributed by atoms with E-state index in [9.17, 15) is 5.11 Å². The van der Waals surface area contributed by atoms with Gasteiger partial charge in [-0.1, -0.05) is 6.42 Å². The van der Waals surface area contributed by atoms with Gasteiger partial charge in [0.05, 0.1) is 5.69 Å². The van der Waals surface area contributed by atoms with Gasteiger partial charge in [-0.15, -0.1) is 0 Å². The summed E-state index contributed by atoms with van der Waals surface area (Å²) < 4.78 is 0. The standard InChI is InChI=1S/C9H16N4O/c14-9(8-4-5-10-11-8)12-13-6-2-1-3-7-13/h4-5,9,12,14H,1-3,6-7H2,(H,10,11). The lowest BCUT2D eigenvalue weighted by Gasteiger charge is -2.29. The molecule has 78 valence electrons. The van der Waals surface area contributed by atoms with Crippen LogP contribution in [0, 0.1) is 0 Å². The largest absolute Gasteiger partial charge is 0.371 e. The van der Waals surface area contributed by atoms with Gasteiger partial charge in [-0.05, 0) is 18.9 Å². The topological polar surface area (TPSA) is 64.2 Å². The average Bonchev–Trinajstić information content (AvgIpc) is 2.72. The Hall–Kier alpha value is -0.910. The summed E-state index contributed by atoms with van der Waals surface area (Å²) in [6, 6.07) is 1.77. The molecule has 0 aromatic carbocycles. The van der Waals surface area contributed by atoms with Crippen molar-refractivity contribution in [2.24, 2.45) is 0 Å². The minimum Gasteiger partial charge on any atom is -0.371 e. The molecule has 3 N–H and O–H groups in total. The van der Waals surface area contributed by atoms with Gasteiger partial charge in [-0.3, -0.25) is 5.10 Å². The van der Waals surface area contributed by atoms with Crippen molar-refractivity contribution in [2.45, 2.75) is 25.5 Å². The van der Waals surface area contributed by atoms with Crippen molar-refractivity contribution in [2.75, 3.05) is 13.1 Å². The molecule has 1 aliphatic rings. The van der Waals surface area contributed by atoms with Crippen molar-refractivity contribution in [3.8, 4) is 0 Å². The van der Waals surface area contributed by atoms with E-state index in [1.807, 2.05) is 0 Å². The van der Waals surface area contributed by atoms with Crippen LogP contribution in [0.3, 0.4) is 0 Å². The highest BCUT2D eigenvalue weighted by atomic mass is 16.3. The Balaban J connectivity index is 1.84. The molecule has 1 aliphatic heterocycles. The van der Waals surface area contributed by atoms with Gasteiger partial charge in [0.25, 0.3) is 0 Å². The molecule has 2 heterocycles. The van der Waals surface area contributed by atoms with Crippen LogP contribution in [0.25, 0.3) is 0 Å². The number of aromatic nitrogens is 2. The molecule has 0 saturated carbocycles. The van der Waals surface area contributed by atoms with Crippen LogP contribution in [0.4, 0.5) is 0 Å². The molecule has 0 spiro atoms. The molecule has 1 atom stereocenters. The van der Waals surface area contributed by atoms with Gasteiger partial charge < -0.3 is 5.11 Å². The zero-order valence-corrected chi connectivity index (χ0v) is 8.11. The van der Waals surface area contributed by atoms with Crippen LogP contribution in [0.5, 0.6) is 0 Å². The molecule has 1 saturated heterocycles. The number of aliphatic hydroxyl groups excluding tert-OH is 1. The zero-order valence-electron chi connectivity index (χ0n) is 8.11. The average molecular weight is 196 g/mol. The molecule has 1 fully saturated rings. The van der Waals surface area contributed by atoms with E-state index in [4.69, 9.17) is 0 Å². The maximum atomic E-state index is 9.74. The number of piperidine rings is 1. The minimum atomic E-state index is -0.671. The predicted octanol–water partition coefficient (Wildman–Crippen LogP) is 0.391. The minimum absolute atomic E-state index is 0.671. The van der Waals surface area contributed by atoms with Crippen LogP contribution in [0.15, 0.2) is 12.3 Å². The van der Waals surface area contributed by atoms with Crippen LogP contribution >= 0.6 is 0 Å². The first-order valence-electron chi connectivity index (χ1n) is 5.05. The highest BCUT2D eigenvalue weighted by Crippen LogP contribution is 2.10. The second kappa shape index (κ2) is 4.54. The first kappa shape index (κ1) is 9.64. The Kier molecular flexibility index (Phi) is 3.13. The third-order valence-corrected chi connectivity index (χ3v) is 2.48. The molecule has 14 heavy (non-hydrogen) atoms. The third-order valence-electron chi connectivity index (χ3n) is 2.48. The van der Waals surface area contributed by atoms with Gasteiger partial charge in [0.15, 0.2) is 6.23 Å². The van der Waals surface area contributed by atoms with E-state index in [0.29, 0.717) is 5.69 Å². The number of hydrazine groups is 1. The van der Waals surface area contributed by atoms with Crippen molar-refractivity contribution in [1.82, 2.24) is 20.6 Å². The predicted molar refractivity (Wildman–Crippen MR) is 52.1 cm³/mol. The van der Waals surface area contributed by atoms with E-state index in [-0.39, 0.29) is 0 Å². The van der Waals surface area contributed by atoms with Crippen molar-refractivity contribution in [3.05, 3.63) is 18.0 Å². The number of hydrogen-bond donors (Lipinski definition) is 3. The highest BCUT2D eigenvalue weighted by Gasteiger charge is 2.15. The molecular formula is C9H16N4O. The Morgan fingerprint density at radius 2 is 2.21 bits per heavy atom. The van der Waals surface area contributed by atoms with Crippen molar-refractivity contribution in [3.63, 3.8) is 0 Å². The number of rotatable bonds is 3. The Morgan fingerprint density at radius 1 is 1.43 bits per heavy atom. The lowest BCUT2D eigenvalue weighted by molar-refractivity contribution is 0.0205. The van der Waals surface area contributed by atoms with Gasteiger partial charge >= 0.3 is 0 Å². The number of aliphatic hydroxyl groups is 1. The Bertz CT molecular complexity index is 256. The first-order chi connectivity index (χ1) is 6.86. The Labute approximate surface area is 83.1 Å². The molecule has 2 rings (SSSR count). The van der Waals surface area contributed by atoms with Gasteiger partial charge in [-0.2, -0.15) is 5.10 Å². The first-order valence-corrected chi connectivity index (χ1v) is 5.05. The highest BCUT2D eigenvalue weighted by molar-refractivity contribution is 5.00. The summed E-state index contributed by atoms with van der Waals surface area (Å²) in [5.41, 5.74) is 3.74. The number of nitrogens with zero attached hydrogens (tertiary/aromatic N) is 2. The van der Waals surface area contributed by atoms with E-state index in [1.165, 1.54) is 19.3 Å². The molecular weight excluding hydrogens is 180 g/mol. The fraction of sp³-hybridized carbons (Fsp3) is 0.667. The Morgan fingerprint density at radius 3 is 2.86 bits per heavy atom. The van der Waals surface area contributed by atoms with Gasteiger partial charge in [-0.25, -0.2) is 10.4 Å². The summed E-state index contributed by atoms with van der Waals surface area (Å²) >= 11 is 0. The monoisotopic (exact) mass is 196 g/mol. The second-order valence-corrected chi connectivity index (χ2v) is 3.59. The summed E-state index contributed by atoms with van der Waals surface area (Å²) in [5.74, 6) is 0. The van der Waals surface area contributed by atoms with Crippen LogP contribution < -0.4 is 5.43 Å². The van der Waals surface area contributed by atoms with E-state index < -0.39 is 6.23 Å².